The highest BCUT2D eigenvalue weighted by atomic mass is 19.1. The number of benzene rings is 1. The largest absolute Gasteiger partial charge is 0.317 e. The SMILES string of the molecule is O=C1N(c2ccc(F)cc2)CCCC12CCNCC2. The lowest BCUT2D eigenvalue weighted by atomic mass is 9.72. The first kappa shape index (κ1) is 12.6. The van der Waals surface area contributed by atoms with E-state index in [9.17, 15) is 9.18 Å². The van der Waals surface area contributed by atoms with Crippen molar-refractivity contribution < 1.29 is 9.18 Å². The van der Waals surface area contributed by atoms with Gasteiger partial charge in [-0.3, -0.25) is 4.79 Å². The molecular formula is C15H19FN2O. The maximum absolute atomic E-state index is 13.0. The number of amides is 1. The summed E-state index contributed by atoms with van der Waals surface area (Å²) >= 11 is 0. The van der Waals surface area contributed by atoms with Gasteiger partial charge in [-0.2, -0.15) is 0 Å². The number of carbonyl (C=O) groups excluding carboxylic acids is 1. The zero-order valence-corrected chi connectivity index (χ0v) is 11.0. The predicted molar refractivity (Wildman–Crippen MR) is 72.5 cm³/mol. The third-order valence-electron chi connectivity index (χ3n) is 4.43. The summed E-state index contributed by atoms with van der Waals surface area (Å²) in [5.74, 6) is -0.0309. The molecule has 1 N–H and O–H groups in total. The van der Waals surface area contributed by atoms with Gasteiger partial charge in [-0.15, -0.1) is 0 Å². The molecule has 1 aromatic carbocycles. The van der Waals surface area contributed by atoms with Crippen molar-refractivity contribution in [3.63, 3.8) is 0 Å². The van der Waals surface area contributed by atoms with Crippen LogP contribution in [0.25, 0.3) is 0 Å². The average molecular weight is 262 g/mol. The molecule has 4 heteroatoms. The van der Waals surface area contributed by atoms with Crippen LogP contribution in [0.15, 0.2) is 24.3 Å². The van der Waals surface area contributed by atoms with Crippen molar-refractivity contribution in [3.05, 3.63) is 30.1 Å². The van der Waals surface area contributed by atoms with Crippen LogP contribution < -0.4 is 10.2 Å². The normalized spacial score (nSPS) is 22.8. The summed E-state index contributed by atoms with van der Waals surface area (Å²) in [5.41, 5.74) is 0.641. The molecule has 0 atom stereocenters. The molecule has 2 heterocycles. The van der Waals surface area contributed by atoms with Crippen LogP contribution >= 0.6 is 0 Å². The summed E-state index contributed by atoms with van der Waals surface area (Å²) in [6, 6.07) is 6.25. The number of piperidine rings is 2. The van der Waals surface area contributed by atoms with Gasteiger partial charge in [-0.1, -0.05) is 0 Å². The van der Waals surface area contributed by atoms with Crippen molar-refractivity contribution in [1.29, 1.82) is 0 Å². The molecule has 1 aromatic rings. The molecule has 2 aliphatic heterocycles. The first-order valence-corrected chi connectivity index (χ1v) is 7.00. The minimum atomic E-state index is -0.259. The van der Waals surface area contributed by atoms with E-state index in [2.05, 4.69) is 5.32 Å². The second-order valence-electron chi connectivity index (χ2n) is 5.57. The van der Waals surface area contributed by atoms with Gasteiger partial charge in [0, 0.05) is 12.2 Å². The quantitative estimate of drug-likeness (QED) is 0.842. The zero-order valence-electron chi connectivity index (χ0n) is 11.0. The van der Waals surface area contributed by atoms with E-state index >= 15 is 0 Å². The lowest BCUT2D eigenvalue weighted by molar-refractivity contribution is -0.132. The van der Waals surface area contributed by atoms with E-state index in [1.807, 2.05) is 4.90 Å². The molecule has 0 saturated carbocycles. The Balaban J connectivity index is 1.86. The maximum Gasteiger partial charge on any atom is 0.233 e. The molecule has 0 bridgehead atoms. The second kappa shape index (κ2) is 4.93. The Kier molecular flexibility index (Phi) is 3.27. The van der Waals surface area contributed by atoms with Gasteiger partial charge in [0.25, 0.3) is 0 Å². The highest BCUT2D eigenvalue weighted by molar-refractivity contribution is 5.98. The Hall–Kier alpha value is -1.42. The van der Waals surface area contributed by atoms with Crippen molar-refractivity contribution in [2.45, 2.75) is 25.7 Å². The first-order chi connectivity index (χ1) is 9.21. The predicted octanol–water partition coefficient (Wildman–Crippen LogP) is 2.32. The van der Waals surface area contributed by atoms with Crippen molar-refractivity contribution in [2.24, 2.45) is 5.41 Å². The number of hydrogen-bond donors (Lipinski definition) is 1. The molecule has 2 aliphatic rings. The van der Waals surface area contributed by atoms with Gasteiger partial charge in [0.2, 0.25) is 5.91 Å². The van der Waals surface area contributed by atoms with Gasteiger partial charge in [0.05, 0.1) is 5.41 Å². The monoisotopic (exact) mass is 262 g/mol. The fraction of sp³-hybridized carbons (Fsp3) is 0.533. The van der Waals surface area contributed by atoms with Crippen molar-refractivity contribution in [3.8, 4) is 0 Å². The van der Waals surface area contributed by atoms with E-state index in [1.165, 1.54) is 12.1 Å². The van der Waals surface area contributed by atoms with E-state index in [0.717, 1.165) is 51.0 Å². The van der Waals surface area contributed by atoms with Crippen LogP contribution in [0.1, 0.15) is 25.7 Å². The van der Waals surface area contributed by atoms with Crippen LogP contribution in [0.3, 0.4) is 0 Å². The Morgan fingerprint density at radius 2 is 1.79 bits per heavy atom. The van der Waals surface area contributed by atoms with Crippen molar-refractivity contribution in [2.75, 3.05) is 24.5 Å². The molecule has 0 radical (unpaired) electrons. The fourth-order valence-electron chi connectivity index (χ4n) is 3.31. The molecule has 19 heavy (non-hydrogen) atoms. The maximum atomic E-state index is 13.0. The summed E-state index contributed by atoms with van der Waals surface area (Å²) in [5, 5.41) is 3.32. The Bertz CT molecular complexity index is 460. The third kappa shape index (κ3) is 2.25. The lowest BCUT2D eigenvalue weighted by Gasteiger charge is -2.44. The summed E-state index contributed by atoms with van der Waals surface area (Å²) in [4.78, 5) is 14.6. The Morgan fingerprint density at radius 3 is 2.47 bits per heavy atom. The molecule has 1 spiro atoms. The van der Waals surface area contributed by atoms with Crippen LogP contribution in [0, 0.1) is 11.2 Å². The molecule has 0 aliphatic carbocycles. The van der Waals surface area contributed by atoms with Crippen LogP contribution in [0.5, 0.6) is 0 Å². The summed E-state index contributed by atoms with van der Waals surface area (Å²) in [7, 11) is 0. The van der Waals surface area contributed by atoms with Crippen LogP contribution in [0.2, 0.25) is 0 Å². The Labute approximate surface area is 112 Å². The zero-order chi connectivity index (χ0) is 13.3. The molecule has 1 amide bonds. The molecule has 102 valence electrons. The molecule has 0 aromatic heterocycles. The minimum absolute atomic E-state index is 0.183. The average Bonchev–Trinajstić information content (AvgIpc) is 2.44. The van der Waals surface area contributed by atoms with E-state index in [0.29, 0.717) is 0 Å². The summed E-state index contributed by atoms with van der Waals surface area (Å²) in [6.45, 7) is 2.59. The van der Waals surface area contributed by atoms with Gasteiger partial charge >= 0.3 is 0 Å². The number of halogens is 1. The number of nitrogens with one attached hydrogen (secondary N) is 1. The topological polar surface area (TPSA) is 32.3 Å². The highest BCUT2D eigenvalue weighted by Gasteiger charge is 2.44. The van der Waals surface area contributed by atoms with Crippen molar-refractivity contribution in [1.82, 2.24) is 5.32 Å². The van der Waals surface area contributed by atoms with Crippen LogP contribution in [-0.2, 0) is 4.79 Å². The molecule has 3 nitrogen and oxygen atoms in total. The minimum Gasteiger partial charge on any atom is -0.317 e. The number of anilines is 1. The first-order valence-electron chi connectivity index (χ1n) is 7.00. The van der Waals surface area contributed by atoms with E-state index in [1.54, 1.807) is 12.1 Å². The highest BCUT2D eigenvalue weighted by Crippen LogP contribution is 2.40. The molecule has 3 rings (SSSR count). The molecule has 0 unspecified atom stereocenters. The van der Waals surface area contributed by atoms with Gasteiger partial charge in [-0.25, -0.2) is 4.39 Å². The van der Waals surface area contributed by atoms with Gasteiger partial charge in [0.1, 0.15) is 5.82 Å². The molecule has 2 fully saturated rings. The number of nitrogens with zero attached hydrogens (tertiary/aromatic N) is 1. The Morgan fingerprint density at radius 1 is 1.11 bits per heavy atom. The standard InChI is InChI=1S/C15H19FN2O/c16-12-2-4-13(5-3-12)18-11-1-6-15(14(18)19)7-9-17-10-8-15/h2-5,17H,1,6-11H2. The lowest BCUT2D eigenvalue weighted by Crippen LogP contribution is -2.53. The van der Waals surface area contributed by atoms with Crippen LogP contribution in [0.4, 0.5) is 10.1 Å². The second-order valence-corrected chi connectivity index (χ2v) is 5.57. The van der Waals surface area contributed by atoms with E-state index in [-0.39, 0.29) is 17.1 Å². The smallest absolute Gasteiger partial charge is 0.233 e. The number of hydrogen-bond acceptors (Lipinski definition) is 2. The van der Waals surface area contributed by atoms with Gasteiger partial charge in [-0.05, 0) is 63.0 Å². The number of rotatable bonds is 1. The summed E-state index contributed by atoms with van der Waals surface area (Å²) in [6.07, 6.45) is 3.86. The van der Waals surface area contributed by atoms with Gasteiger partial charge < -0.3 is 10.2 Å². The van der Waals surface area contributed by atoms with Crippen molar-refractivity contribution >= 4 is 11.6 Å². The third-order valence-corrected chi connectivity index (χ3v) is 4.43. The molecular weight excluding hydrogens is 243 g/mol. The fourth-order valence-corrected chi connectivity index (χ4v) is 3.31. The van der Waals surface area contributed by atoms with E-state index in [4.69, 9.17) is 0 Å². The van der Waals surface area contributed by atoms with Gasteiger partial charge in [0.15, 0.2) is 0 Å². The molecule has 2 saturated heterocycles. The number of carbonyl (C=O) groups is 1. The van der Waals surface area contributed by atoms with E-state index < -0.39 is 0 Å². The summed E-state index contributed by atoms with van der Waals surface area (Å²) < 4.78 is 13.0. The van der Waals surface area contributed by atoms with Crippen LogP contribution in [-0.4, -0.2) is 25.5 Å².